The van der Waals surface area contributed by atoms with Gasteiger partial charge in [0.15, 0.2) is 0 Å². The maximum absolute atomic E-state index is 8.54. The number of aryl methyl sites for hydroxylation is 2. The number of pyridine rings is 2. The Morgan fingerprint density at radius 2 is 1.50 bits per heavy atom. The third kappa shape index (κ3) is 8.44. The summed E-state index contributed by atoms with van der Waals surface area (Å²) in [5, 5.41) is 5.66. The van der Waals surface area contributed by atoms with Gasteiger partial charge in [0.1, 0.15) is 0 Å². The smallest absolute Gasteiger partial charge is 0.216 e. The standard InChI is InChI=1S/C42H33N4O.C18H24NSi.Ir/c1-25-23-33-29-21-20-27(42(3,4)5)24-36(29)45(28-13-7-6-8-14-28)38(33)26(2)37(25)46-35-19-10-9-18-34(35)44-40(46)32-16-11-15-30-31-17-12-22-43-41(31)47-39(30)32;1-14(2)11-16-12-17(20(3,4)5)13-19-18(16)15-9-7-6-8-10-15;/h6-15,17-24H,1-5H3;6-9,12-14H,11H2,1-5H3;/q2*-1;/i;11D2;. The van der Waals surface area contributed by atoms with E-state index in [1.165, 1.54) is 43.7 Å². The molecule has 68 heavy (non-hydrogen) atoms. The molecule has 5 aromatic heterocycles. The van der Waals surface area contributed by atoms with Crippen LogP contribution in [0.15, 0.2) is 150 Å². The summed E-state index contributed by atoms with van der Waals surface area (Å²) in [5.41, 5.74) is 14.7. The minimum Gasteiger partial charge on any atom is -0.486 e. The zero-order valence-corrected chi connectivity index (χ0v) is 43.8. The molecule has 0 saturated heterocycles. The van der Waals surface area contributed by atoms with Crippen LogP contribution in [0.1, 0.15) is 59.6 Å². The summed E-state index contributed by atoms with van der Waals surface area (Å²) in [7, 11) is -1.54. The van der Waals surface area contributed by atoms with Gasteiger partial charge in [0.2, 0.25) is 5.71 Å². The van der Waals surface area contributed by atoms with Crippen LogP contribution in [0, 0.1) is 31.9 Å². The molecular formula is C60H57IrN5OSi-2. The van der Waals surface area contributed by atoms with E-state index in [0.717, 1.165) is 55.7 Å². The molecule has 11 rings (SSSR count). The molecule has 0 amide bonds. The first-order valence-corrected chi connectivity index (χ1v) is 26.7. The number of hydrogen-bond acceptors (Lipinski definition) is 4. The summed E-state index contributed by atoms with van der Waals surface area (Å²) in [6.07, 6.45) is 2.27. The molecule has 1 radical (unpaired) electrons. The van der Waals surface area contributed by atoms with E-state index in [1.807, 2.05) is 74.6 Å². The fraction of sp³-hybridized carbons (Fsp3) is 0.217. The zero-order chi connectivity index (χ0) is 48.6. The van der Waals surface area contributed by atoms with Crippen molar-refractivity contribution < 1.29 is 27.3 Å². The second kappa shape index (κ2) is 18.2. The van der Waals surface area contributed by atoms with Gasteiger partial charge in [-0.25, -0.2) is 4.98 Å². The minimum atomic E-state index is -1.54. The Kier molecular flexibility index (Phi) is 11.8. The summed E-state index contributed by atoms with van der Waals surface area (Å²) < 4.78 is 28.2. The average molecular weight is 1090 g/mol. The molecular weight excluding hydrogens is 1030 g/mol. The Labute approximate surface area is 417 Å². The Hall–Kier alpha value is -6.44. The number of aromatic nitrogens is 5. The molecule has 0 atom stereocenters. The number of rotatable bonds is 7. The quantitative estimate of drug-likeness (QED) is 0.118. The first-order chi connectivity index (χ1) is 32.9. The molecule has 0 N–H and O–H groups in total. The Morgan fingerprint density at radius 3 is 2.24 bits per heavy atom. The molecule has 5 heterocycles. The van der Waals surface area contributed by atoms with Crippen molar-refractivity contribution in [2.75, 3.05) is 0 Å². The number of hydrogen-bond donors (Lipinski definition) is 0. The van der Waals surface area contributed by atoms with Crippen molar-refractivity contribution in [1.82, 2.24) is 24.1 Å². The van der Waals surface area contributed by atoms with Crippen LogP contribution in [0.5, 0.6) is 0 Å². The molecule has 343 valence electrons. The van der Waals surface area contributed by atoms with Gasteiger partial charge in [-0.05, 0) is 108 Å². The van der Waals surface area contributed by atoms with Crippen LogP contribution < -0.4 is 5.19 Å². The molecule has 0 aliphatic heterocycles. The van der Waals surface area contributed by atoms with Crippen LogP contribution in [0.4, 0.5) is 0 Å². The molecule has 0 unspecified atom stereocenters. The maximum atomic E-state index is 8.54. The normalized spacial score (nSPS) is 12.7. The predicted octanol–water partition coefficient (Wildman–Crippen LogP) is 15.1. The van der Waals surface area contributed by atoms with Crippen molar-refractivity contribution in [2.24, 2.45) is 5.92 Å². The van der Waals surface area contributed by atoms with E-state index in [0.29, 0.717) is 17.0 Å². The van der Waals surface area contributed by atoms with Crippen LogP contribution in [0.2, 0.25) is 19.6 Å². The van der Waals surface area contributed by atoms with Gasteiger partial charge in [-0.2, -0.15) is 0 Å². The van der Waals surface area contributed by atoms with Gasteiger partial charge in [0, 0.05) is 62.8 Å². The molecule has 6 aromatic carbocycles. The van der Waals surface area contributed by atoms with E-state index in [1.54, 1.807) is 6.20 Å². The molecule has 6 nitrogen and oxygen atoms in total. The number of benzene rings is 6. The Balaban J connectivity index is 0.000000224. The average Bonchev–Trinajstić information content (AvgIpc) is 4.01. The topological polar surface area (TPSA) is 61.7 Å². The van der Waals surface area contributed by atoms with Gasteiger partial charge >= 0.3 is 0 Å². The second-order valence-electron chi connectivity index (χ2n) is 20.0. The van der Waals surface area contributed by atoms with Gasteiger partial charge in [0.05, 0.1) is 41.5 Å². The van der Waals surface area contributed by atoms with Gasteiger partial charge in [-0.1, -0.05) is 119 Å². The Morgan fingerprint density at radius 1 is 0.735 bits per heavy atom. The van der Waals surface area contributed by atoms with Crippen LogP contribution in [-0.2, 0) is 31.9 Å². The SMILES string of the molecule is Cc1cc2c3ccc(C(C)(C)C)cc3n(-c3ccccc3)c2c(C)c1-n1c(-c2[c-]ccc3c2oc2ncccc23)nc2ccccc21.[2H]C([2H])(c1cc([Si](C)(C)C)cnc1-c1[c-]cccc1)C(C)C.[Ir]. The van der Waals surface area contributed by atoms with E-state index in [4.69, 9.17) is 12.1 Å². The molecule has 0 bridgehead atoms. The molecule has 0 spiro atoms. The van der Waals surface area contributed by atoms with Crippen LogP contribution in [-0.4, -0.2) is 32.2 Å². The minimum absolute atomic E-state index is 0. The summed E-state index contributed by atoms with van der Waals surface area (Å²) in [6, 6.07) is 52.7. The van der Waals surface area contributed by atoms with Crippen LogP contribution >= 0.6 is 0 Å². The number of para-hydroxylation sites is 3. The predicted molar refractivity (Wildman–Crippen MR) is 283 cm³/mol. The maximum Gasteiger partial charge on any atom is 0.216 e. The van der Waals surface area contributed by atoms with Gasteiger partial charge in [-0.3, -0.25) is 4.98 Å². The molecule has 0 aliphatic rings. The van der Waals surface area contributed by atoms with Crippen molar-refractivity contribution in [3.05, 3.63) is 180 Å². The van der Waals surface area contributed by atoms with Crippen LogP contribution in [0.3, 0.4) is 0 Å². The van der Waals surface area contributed by atoms with E-state index in [2.05, 4.69) is 164 Å². The molecule has 11 aromatic rings. The fourth-order valence-electron chi connectivity index (χ4n) is 9.39. The number of imidazole rings is 1. The molecule has 0 fully saturated rings. The van der Waals surface area contributed by atoms with Gasteiger partial charge in [-0.15, -0.1) is 54.1 Å². The van der Waals surface area contributed by atoms with E-state index >= 15 is 0 Å². The zero-order valence-electron chi connectivity index (χ0n) is 42.4. The summed E-state index contributed by atoms with van der Waals surface area (Å²) in [6.45, 7) is 21.9. The number of nitrogens with zero attached hydrogens (tertiary/aromatic N) is 5. The van der Waals surface area contributed by atoms with Crippen molar-refractivity contribution in [3.8, 4) is 34.0 Å². The number of furan rings is 1. The van der Waals surface area contributed by atoms with Crippen LogP contribution in [0.25, 0.3) is 88.9 Å². The van der Waals surface area contributed by atoms with Crippen molar-refractivity contribution >= 4 is 68.2 Å². The summed E-state index contributed by atoms with van der Waals surface area (Å²) in [4.78, 5) is 14.4. The van der Waals surface area contributed by atoms with Gasteiger partial charge in [0.25, 0.3) is 0 Å². The van der Waals surface area contributed by atoms with E-state index < -0.39 is 14.4 Å². The first kappa shape index (κ1) is 44.1. The third-order valence-corrected chi connectivity index (χ3v) is 14.7. The Bertz CT molecular complexity index is 3730. The van der Waals surface area contributed by atoms with E-state index in [-0.39, 0.29) is 31.4 Å². The van der Waals surface area contributed by atoms with Crippen molar-refractivity contribution in [3.63, 3.8) is 0 Å². The monoisotopic (exact) mass is 1090 g/mol. The molecule has 0 saturated carbocycles. The van der Waals surface area contributed by atoms with Crippen molar-refractivity contribution in [1.29, 1.82) is 0 Å². The summed E-state index contributed by atoms with van der Waals surface area (Å²) in [5.74, 6) is 0.674. The third-order valence-electron chi connectivity index (χ3n) is 12.7. The molecule has 8 heteroatoms. The first-order valence-electron chi connectivity index (χ1n) is 24.2. The van der Waals surface area contributed by atoms with Gasteiger partial charge < -0.3 is 18.5 Å². The largest absolute Gasteiger partial charge is 0.486 e. The van der Waals surface area contributed by atoms with Crippen molar-refractivity contribution in [2.45, 2.75) is 79.9 Å². The van der Waals surface area contributed by atoms with E-state index in [9.17, 15) is 0 Å². The summed E-state index contributed by atoms with van der Waals surface area (Å²) >= 11 is 0. The fourth-order valence-corrected chi connectivity index (χ4v) is 10.4. The second-order valence-corrected chi connectivity index (χ2v) is 25.1. The number of fused-ring (bicyclic) bond motifs is 7. The molecule has 0 aliphatic carbocycles.